The Balaban J connectivity index is 4.62. The number of carbonyl (C=O) groups is 2. The number of hydrogen-bond donors (Lipinski definition) is 3. The highest BCUT2D eigenvalue weighted by molar-refractivity contribution is 5.82. The average Bonchev–Trinajstić information content (AvgIpc) is 2.24. The van der Waals surface area contributed by atoms with Crippen LogP contribution in [0.5, 0.6) is 0 Å². The van der Waals surface area contributed by atoms with E-state index in [0.29, 0.717) is 13.0 Å². The third-order valence-corrected chi connectivity index (χ3v) is 2.65. The first kappa shape index (κ1) is 16.7. The predicted molar refractivity (Wildman–Crippen MR) is 68.3 cm³/mol. The summed E-state index contributed by atoms with van der Waals surface area (Å²) in [6, 6.07) is -1.34. The Morgan fingerprint density at radius 3 is 2.11 bits per heavy atom. The molecule has 0 rings (SSSR count). The Bertz CT molecular complexity index is 279. The van der Waals surface area contributed by atoms with Gasteiger partial charge in [-0.3, -0.25) is 0 Å². The Labute approximate surface area is 108 Å². The highest BCUT2D eigenvalue weighted by Gasteiger charge is 2.26. The third-order valence-electron chi connectivity index (χ3n) is 2.65. The summed E-state index contributed by atoms with van der Waals surface area (Å²) in [7, 11) is 0. The summed E-state index contributed by atoms with van der Waals surface area (Å²) >= 11 is 0. The molecule has 18 heavy (non-hydrogen) atoms. The molecule has 0 aliphatic carbocycles. The van der Waals surface area contributed by atoms with Crippen LogP contribution < -0.4 is 5.32 Å². The summed E-state index contributed by atoms with van der Waals surface area (Å²) in [5, 5.41) is 20.3. The molecule has 0 spiro atoms. The van der Waals surface area contributed by atoms with E-state index in [0.717, 1.165) is 0 Å². The zero-order valence-corrected chi connectivity index (χ0v) is 11.5. The molecule has 0 radical (unpaired) electrons. The van der Waals surface area contributed by atoms with Crippen LogP contribution in [0.1, 0.15) is 34.1 Å². The number of carboxylic acid groups (broad SMARTS) is 1. The van der Waals surface area contributed by atoms with Crippen molar-refractivity contribution in [3.8, 4) is 0 Å². The van der Waals surface area contributed by atoms with Gasteiger partial charge in [0.15, 0.2) is 0 Å². The maximum absolute atomic E-state index is 12.0. The fourth-order valence-corrected chi connectivity index (χ4v) is 1.56. The van der Waals surface area contributed by atoms with E-state index in [1.54, 1.807) is 13.8 Å². The van der Waals surface area contributed by atoms with E-state index in [1.165, 1.54) is 4.90 Å². The number of carbonyl (C=O) groups excluding carboxylic acids is 1. The molecule has 6 heteroatoms. The first-order valence-corrected chi connectivity index (χ1v) is 6.22. The van der Waals surface area contributed by atoms with E-state index < -0.39 is 18.0 Å². The predicted octanol–water partition coefficient (Wildman–Crippen LogP) is 0.898. The zero-order valence-electron chi connectivity index (χ0n) is 11.5. The quantitative estimate of drug-likeness (QED) is 0.634. The number of nitrogens with zero attached hydrogens (tertiary/aromatic N) is 1. The van der Waals surface area contributed by atoms with Crippen LogP contribution in [0.3, 0.4) is 0 Å². The van der Waals surface area contributed by atoms with Crippen molar-refractivity contribution in [3.05, 3.63) is 0 Å². The van der Waals surface area contributed by atoms with Crippen molar-refractivity contribution >= 4 is 12.0 Å². The second kappa shape index (κ2) is 7.92. The van der Waals surface area contributed by atoms with E-state index in [4.69, 9.17) is 10.2 Å². The number of aliphatic hydroxyl groups excluding tert-OH is 1. The Hall–Kier alpha value is -1.30. The molecule has 1 atom stereocenters. The van der Waals surface area contributed by atoms with Gasteiger partial charge in [-0.25, -0.2) is 9.59 Å². The number of rotatable bonds is 7. The molecule has 0 aromatic carbocycles. The minimum atomic E-state index is -1.04. The molecule has 0 unspecified atom stereocenters. The maximum Gasteiger partial charge on any atom is 0.326 e. The van der Waals surface area contributed by atoms with Gasteiger partial charge in [-0.1, -0.05) is 13.8 Å². The molecule has 0 saturated carbocycles. The SMILES string of the molecule is CC(C)[C@@H](NC(=O)N(CCCO)C(C)C)C(=O)O. The van der Waals surface area contributed by atoms with E-state index >= 15 is 0 Å². The third kappa shape index (κ3) is 5.35. The van der Waals surface area contributed by atoms with Crippen molar-refractivity contribution < 1.29 is 19.8 Å². The molecule has 0 bridgehead atoms. The van der Waals surface area contributed by atoms with Gasteiger partial charge in [0.2, 0.25) is 0 Å². The number of carboxylic acids is 1. The molecule has 0 aromatic rings. The van der Waals surface area contributed by atoms with Crippen molar-refractivity contribution in [1.29, 1.82) is 0 Å². The monoisotopic (exact) mass is 260 g/mol. The van der Waals surface area contributed by atoms with Crippen LogP contribution in [-0.4, -0.2) is 52.3 Å². The summed E-state index contributed by atoms with van der Waals surface area (Å²) in [6.07, 6.45) is 0.477. The molecular formula is C12H24N2O4. The number of aliphatic carboxylic acids is 1. The summed E-state index contributed by atoms with van der Waals surface area (Å²) in [4.78, 5) is 24.5. The van der Waals surface area contributed by atoms with E-state index in [1.807, 2.05) is 13.8 Å². The van der Waals surface area contributed by atoms with Crippen LogP contribution in [0.25, 0.3) is 0 Å². The summed E-state index contributed by atoms with van der Waals surface area (Å²) in [6.45, 7) is 7.59. The Morgan fingerprint density at radius 1 is 1.22 bits per heavy atom. The van der Waals surface area contributed by atoms with Crippen LogP contribution in [-0.2, 0) is 4.79 Å². The average molecular weight is 260 g/mol. The molecule has 0 heterocycles. The first-order chi connectivity index (χ1) is 8.31. The molecule has 0 aromatic heterocycles. The molecular weight excluding hydrogens is 236 g/mol. The zero-order chi connectivity index (χ0) is 14.3. The molecule has 0 aliphatic rings. The lowest BCUT2D eigenvalue weighted by molar-refractivity contribution is -0.140. The van der Waals surface area contributed by atoms with Gasteiger partial charge in [-0.2, -0.15) is 0 Å². The van der Waals surface area contributed by atoms with Gasteiger partial charge in [0.1, 0.15) is 6.04 Å². The van der Waals surface area contributed by atoms with Gasteiger partial charge >= 0.3 is 12.0 Å². The molecule has 6 nitrogen and oxygen atoms in total. The second-order valence-corrected chi connectivity index (χ2v) is 4.87. The summed E-state index contributed by atoms with van der Waals surface area (Å²) in [5.74, 6) is -1.22. The van der Waals surface area contributed by atoms with Crippen molar-refractivity contribution in [2.24, 2.45) is 5.92 Å². The first-order valence-electron chi connectivity index (χ1n) is 6.22. The molecule has 0 saturated heterocycles. The lowest BCUT2D eigenvalue weighted by Gasteiger charge is -2.29. The van der Waals surface area contributed by atoms with Gasteiger partial charge in [-0.15, -0.1) is 0 Å². The largest absolute Gasteiger partial charge is 0.480 e. The smallest absolute Gasteiger partial charge is 0.326 e. The van der Waals surface area contributed by atoms with Crippen LogP contribution >= 0.6 is 0 Å². The van der Waals surface area contributed by atoms with Crippen molar-refractivity contribution in [1.82, 2.24) is 10.2 Å². The fourth-order valence-electron chi connectivity index (χ4n) is 1.56. The number of urea groups is 1. The highest BCUT2D eigenvalue weighted by atomic mass is 16.4. The topological polar surface area (TPSA) is 89.9 Å². The molecule has 0 aliphatic heterocycles. The Kier molecular flexibility index (Phi) is 7.35. The Morgan fingerprint density at radius 2 is 1.78 bits per heavy atom. The number of nitrogens with one attached hydrogen (secondary N) is 1. The maximum atomic E-state index is 12.0. The van der Waals surface area contributed by atoms with Crippen molar-refractivity contribution in [2.45, 2.75) is 46.2 Å². The van der Waals surface area contributed by atoms with Crippen LogP contribution in [0.2, 0.25) is 0 Å². The standard InChI is InChI=1S/C12H24N2O4/c1-8(2)10(11(16)17)13-12(18)14(9(3)4)6-5-7-15/h8-10,15H,5-7H2,1-4H3,(H,13,18)(H,16,17)/t10-/m1/s1. The number of aliphatic hydroxyl groups is 1. The molecule has 3 N–H and O–H groups in total. The van der Waals surface area contributed by atoms with Gasteiger partial charge in [0.05, 0.1) is 0 Å². The van der Waals surface area contributed by atoms with Gasteiger partial charge in [-0.05, 0) is 26.2 Å². The van der Waals surface area contributed by atoms with Gasteiger partial charge < -0.3 is 20.4 Å². The van der Waals surface area contributed by atoms with Crippen molar-refractivity contribution in [3.63, 3.8) is 0 Å². The van der Waals surface area contributed by atoms with Crippen LogP contribution in [0, 0.1) is 5.92 Å². The number of hydrogen-bond acceptors (Lipinski definition) is 3. The minimum Gasteiger partial charge on any atom is -0.480 e. The lowest BCUT2D eigenvalue weighted by atomic mass is 10.1. The second-order valence-electron chi connectivity index (χ2n) is 4.87. The van der Waals surface area contributed by atoms with E-state index in [-0.39, 0.29) is 18.6 Å². The molecule has 106 valence electrons. The van der Waals surface area contributed by atoms with Gasteiger partial charge in [0.25, 0.3) is 0 Å². The lowest BCUT2D eigenvalue weighted by Crippen LogP contribution is -2.52. The summed E-state index contributed by atoms with van der Waals surface area (Å²) < 4.78 is 0. The normalized spacial score (nSPS) is 12.6. The fraction of sp³-hybridized carbons (Fsp3) is 0.833. The minimum absolute atomic E-state index is 0.00302. The summed E-state index contributed by atoms with van der Waals surface area (Å²) in [5.41, 5.74) is 0. The molecule has 0 fully saturated rings. The molecule has 2 amide bonds. The van der Waals surface area contributed by atoms with E-state index in [2.05, 4.69) is 5.32 Å². The van der Waals surface area contributed by atoms with Gasteiger partial charge in [0, 0.05) is 19.2 Å². The van der Waals surface area contributed by atoms with E-state index in [9.17, 15) is 9.59 Å². The highest BCUT2D eigenvalue weighted by Crippen LogP contribution is 2.05. The van der Waals surface area contributed by atoms with Crippen molar-refractivity contribution in [2.75, 3.05) is 13.2 Å². The van der Waals surface area contributed by atoms with Crippen LogP contribution in [0.15, 0.2) is 0 Å². The van der Waals surface area contributed by atoms with Crippen LogP contribution in [0.4, 0.5) is 4.79 Å². The number of amides is 2.